The maximum absolute atomic E-state index is 12.1. The fourth-order valence-corrected chi connectivity index (χ4v) is 2.76. The topological polar surface area (TPSA) is 85.4 Å². The molecule has 1 aromatic carbocycles. The Bertz CT molecular complexity index is 758. The van der Waals surface area contributed by atoms with Crippen molar-refractivity contribution in [3.63, 3.8) is 0 Å². The number of ether oxygens (including phenoxy) is 1. The van der Waals surface area contributed by atoms with E-state index in [-0.39, 0.29) is 11.4 Å². The zero-order chi connectivity index (χ0) is 16.2. The third-order valence-electron chi connectivity index (χ3n) is 2.81. The molecule has 1 N–H and O–H groups in total. The number of pyridine rings is 1. The summed E-state index contributed by atoms with van der Waals surface area (Å²) >= 11 is 5.72. The van der Waals surface area contributed by atoms with Gasteiger partial charge in [-0.1, -0.05) is 11.6 Å². The van der Waals surface area contributed by atoms with Gasteiger partial charge in [-0.3, -0.25) is 4.98 Å². The lowest BCUT2D eigenvalue weighted by Crippen LogP contribution is -2.23. The molecule has 0 atom stereocenters. The number of methoxy groups -OCH3 is 1. The molecule has 1 aromatic heterocycles. The van der Waals surface area contributed by atoms with Crippen LogP contribution >= 0.6 is 11.6 Å². The number of benzene rings is 1. The van der Waals surface area contributed by atoms with Gasteiger partial charge in [0.25, 0.3) is 0 Å². The second-order valence-corrected chi connectivity index (χ2v) is 6.51. The Kier molecular flexibility index (Phi) is 5.12. The summed E-state index contributed by atoms with van der Waals surface area (Å²) in [5, 5.41) is 0.457. The van der Waals surface area contributed by atoms with E-state index < -0.39 is 16.0 Å². The summed E-state index contributed by atoms with van der Waals surface area (Å²) in [4.78, 5) is 15.4. The van der Waals surface area contributed by atoms with Gasteiger partial charge in [-0.15, -0.1) is 0 Å². The normalized spacial score (nSPS) is 11.2. The van der Waals surface area contributed by atoms with E-state index in [9.17, 15) is 13.2 Å². The predicted octanol–water partition coefficient (Wildman–Crippen LogP) is 2.00. The average Bonchev–Trinajstić information content (AvgIpc) is 2.53. The van der Waals surface area contributed by atoms with Gasteiger partial charge in [0.05, 0.1) is 29.8 Å². The van der Waals surface area contributed by atoms with Crippen molar-refractivity contribution >= 4 is 27.6 Å². The first-order valence-electron chi connectivity index (χ1n) is 6.21. The maximum atomic E-state index is 12.1. The van der Waals surface area contributed by atoms with Crippen LogP contribution in [0.5, 0.6) is 0 Å². The number of sulfonamides is 1. The van der Waals surface area contributed by atoms with E-state index in [1.54, 1.807) is 6.07 Å². The number of rotatable bonds is 5. The zero-order valence-corrected chi connectivity index (χ0v) is 13.2. The molecule has 0 bridgehead atoms. The molecule has 0 saturated carbocycles. The summed E-state index contributed by atoms with van der Waals surface area (Å²) in [6.45, 7) is 0.00636. The molecule has 1 heterocycles. The summed E-state index contributed by atoms with van der Waals surface area (Å²) in [6, 6.07) is 8.90. The molecule has 6 nitrogen and oxygen atoms in total. The number of halogens is 1. The quantitative estimate of drug-likeness (QED) is 0.841. The summed E-state index contributed by atoms with van der Waals surface area (Å²) in [7, 11) is -2.37. The van der Waals surface area contributed by atoms with E-state index in [2.05, 4.69) is 14.4 Å². The molecule has 0 spiro atoms. The molecule has 8 heteroatoms. The molecule has 0 aliphatic heterocycles. The first-order valence-corrected chi connectivity index (χ1v) is 8.07. The molecule has 0 fully saturated rings. The Morgan fingerprint density at radius 3 is 2.45 bits per heavy atom. The monoisotopic (exact) mass is 340 g/mol. The van der Waals surface area contributed by atoms with Crippen LogP contribution in [0.3, 0.4) is 0 Å². The molecular weight excluding hydrogens is 328 g/mol. The van der Waals surface area contributed by atoms with E-state index in [1.165, 1.54) is 43.6 Å². The molecule has 22 heavy (non-hydrogen) atoms. The maximum Gasteiger partial charge on any atom is 0.339 e. The highest BCUT2D eigenvalue weighted by Crippen LogP contribution is 2.14. The molecule has 2 aromatic rings. The van der Waals surface area contributed by atoms with E-state index in [0.717, 1.165) is 0 Å². The number of hydrogen-bond acceptors (Lipinski definition) is 5. The Morgan fingerprint density at radius 1 is 1.23 bits per heavy atom. The van der Waals surface area contributed by atoms with Crippen LogP contribution in [0, 0.1) is 0 Å². The molecule has 0 aliphatic carbocycles. The number of nitrogens with one attached hydrogen (secondary N) is 1. The van der Waals surface area contributed by atoms with Crippen molar-refractivity contribution in [1.82, 2.24) is 9.71 Å². The molecule has 0 saturated heterocycles. The van der Waals surface area contributed by atoms with E-state index >= 15 is 0 Å². The molecule has 0 radical (unpaired) electrons. The first-order chi connectivity index (χ1) is 10.4. The van der Waals surface area contributed by atoms with Crippen molar-refractivity contribution in [2.75, 3.05) is 7.11 Å². The van der Waals surface area contributed by atoms with Gasteiger partial charge in [0.2, 0.25) is 10.0 Å². The first kappa shape index (κ1) is 16.4. The van der Waals surface area contributed by atoms with Gasteiger partial charge in [0.15, 0.2) is 0 Å². The van der Waals surface area contributed by atoms with Gasteiger partial charge >= 0.3 is 5.97 Å². The molecule has 0 amide bonds. The van der Waals surface area contributed by atoms with E-state index in [0.29, 0.717) is 16.3 Å². The van der Waals surface area contributed by atoms with Gasteiger partial charge in [-0.25, -0.2) is 17.9 Å². The predicted molar refractivity (Wildman–Crippen MR) is 81.1 cm³/mol. The van der Waals surface area contributed by atoms with Crippen molar-refractivity contribution in [2.24, 2.45) is 0 Å². The molecular formula is C14H13ClN2O4S. The highest BCUT2D eigenvalue weighted by molar-refractivity contribution is 7.89. The second-order valence-electron chi connectivity index (χ2n) is 4.31. The number of carbonyl (C=O) groups is 1. The Labute approximate surface area is 133 Å². The van der Waals surface area contributed by atoms with Crippen molar-refractivity contribution in [3.8, 4) is 0 Å². The fraction of sp³-hybridized carbons (Fsp3) is 0.143. The van der Waals surface area contributed by atoms with Gasteiger partial charge in [0.1, 0.15) is 0 Å². The molecule has 0 aliphatic rings. The van der Waals surface area contributed by atoms with Crippen LogP contribution in [0.1, 0.15) is 16.1 Å². The van der Waals surface area contributed by atoms with Gasteiger partial charge in [-0.2, -0.15) is 0 Å². The summed E-state index contributed by atoms with van der Waals surface area (Å²) < 4.78 is 31.1. The highest BCUT2D eigenvalue weighted by atomic mass is 35.5. The van der Waals surface area contributed by atoms with Crippen molar-refractivity contribution < 1.29 is 17.9 Å². The number of hydrogen-bond donors (Lipinski definition) is 1. The van der Waals surface area contributed by atoms with Gasteiger partial charge < -0.3 is 4.74 Å². The SMILES string of the molecule is COC(=O)c1ccc(CNS(=O)(=O)c2ccc(Cl)cc2)nc1. The lowest BCUT2D eigenvalue weighted by atomic mass is 10.2. The van der Waals surface area contributed by atoms with E-state index in [1.807, 2.05) is 0 Å². The fourth-order valence-electron chi connectivity index (χ4n) is 1.63. The molecule has 0 unspecified atom stereocenters. The minimum Gasteiger partial charge on any atom is -0.465 e. The van der Waals surface area contributed by atoms with Crippen LogP contribution in [0.4, 0.5) is 0 Å². The zero-order valence-electron chi connectivity index (χ0n) is 11.6. The largest absolute Gasteiger partial charge is 0.465 e. The minimum absolute atomic E-state index is 0.00636. The smallest absolute Gasteiger partial charge is 0.339 e. The van der Waals surface area contributed by atoms with E-state index in [4.69, 9.17) is 11.6 Å². The van der Waals surface area contributed by atoms with Crippen molar-refractivity contribution in [3.05, 3.63) is 58.9 Å². The molecule has 116 valence electrons. The Hall–Kier alpha value is -1.96. The van der Waals surface area contributed by atoms with Crippen LogP contribution in [0.25, 0.3) is 0 Å². The minimum atomic E-state index is -3.65. The standard InChI is InChI=1S/C14H13ClN2O4S/c1-21-14(18)10-2-5-12(16-8-10)9-17-22(19,20)13-6-3-11(15)4-7-13/h2-8,17H,9H2,1H3. The van der Waals surface area contributed by atoms with Crippen LogP contribution < -0.4 is 4.72 Å². The van der Waals surface area contributed by atoms with Gasteiger partial charge in [-0.05, 0) is 36.4 Å². The van der Waals surface area contributed by atoms with Crippen LogP contribution in [-0.2, 0) is 21.3 Å². The van der Waals surface area contributed by atoms with Crippen LogP contribution in [-0.4, -0.2) is 26.5 Å². The average molecular weight is 341 g/mol. The second kappa shape index (κ2) is 6.87. The lowest BCUT2D eigenvalue weighted by molar-refractivity contribution is 0.0600. The van der Waals surface area contributed by atoms with Gasteiger partial charge in [0, 0.05) is 11.2 Å². The number of nitrogens with zero attached hydrogens (tertiary/aromatic N) is 1. The Morgan fingerprint density at radius 2 is 1.91 bits per heavy atom. The number of carbonyl (C=O) groups excluding carboxylic acids is 1. The lowest BCUT2D eigenvalue weighted by Gasteiger charge is -2.07. The third-order valence-corrected chi connectivity index (χ3v) is 4.48. The van der Waals surface area contributed by atoms with Crippen molar-refractivity contribution in [1.29, 1.82) is 0 Å². The Balaban J connectivity index is 2.05. The van der Waals surface area contributed by atoms with Crippen LogP contribution in [0.2, 0.25) is 5.02 Å². The molecule has 2 rings (SSSR count). The number of esters is 1. The van der Waals surface area contributed by atoms with Crippen LogP contribution in [0.15, 0.2) is 47.5 Å². The third kappa shape index (κ3) is 4.03. The highest BCUT2D eigenvalue weighted by Gasteiger charge is 2.14. The summed E-state index contributed by atoms with van der Waals surface area (Å²) in [5.74, 6) is -0.499. The van der Waals surface area contributed by atoms with Crippen molar-refractivity contribution in [2.45, 2.75) is 11.4 Å². The summed E-state index contributed by atoms with van der Waals surface area (Å²) in [5.41, 5.74) is 0.775. The summed E-state index contributed by atoms with van der Waals surface area (Å²) in [6.07, 6.45) is 1.33. The number of aromatic nitrogens is 1.